The number of aromatic nitrogens is 3. The number of amides is 1. The zero-order valence-corrected chi connectivity index (χ0v) is 16.4. The molecule has 3 heterocycles. The van der Waals surface area contributed by atoms with Crippen LogP contribution in [-0.4, -0.2) is 38.5 Å². The second-order valence-corrected chi connectivity index (χ2v) is 7.80. The second-order valence-electron chi connectivity index (χ2n) is 7.80. The quantitative estimate of drug-likeness (QED) is 0.758. The summed E-state index contributed by atoms with van der Waals surface area (Å²) < 4.78 is 1.59. The minimum atomic E-state index is -0.213. The first-order valence-electron chi connectivity index (χ1n) is 9.94. The highest BCUT2D eigenvalue weighted by atomic mass is 16.2. The molecule has 6 nitrogen and oxygen atoms in total. The molecular weight excluding hydrogens is 352 g/mol. The van der Waals surface area contributed by atoms with E-state index in [1.54, 1.807) is 10.7 Å². The monoisotopic (exact) mass is 378 g/mol. The molecule has 2 aromatic heterocycles. The van der Waals surface area contributed by atoms with Crippen LogP contribution in [0.4, 0.5) is 0 Å². The highest BCUT2D eigenvalue weighted by Gasteiger charge is 2.26. The van der Waals surface area contributed by atoms with Crippen molar-refractivity contribution in [2.24, 2.45) is 5.92 Å². The van der Waals surface area contributed by atoms with Crippen molar-refractivity contribution in [3.05, 3.63) is 69.3 Å². The lowest BCUT2D eigenvalue weighted by atomic mass is 9.90. The number of H-pyrrole nitrogens is 1. The van der Waals surface area contributed by atoms with Crippen LogP contribution in [-0.2, 0) is 6.42 Å². The number of aromatic amines is 1. The molecule has 1 aliphatic heterocycles. The molecule has 0 bridgehead atoms. The minimum Gasteiger partial charge on any atom is -0.338 e. The average Bonchev–Trinajstić information content (AvgIpc) is 3.09. The third-order valence-electron chi connectivity index (χ3n) is 5.88. The summed E-state index contributed by atoms with van der Waals surface area (Å²) in [4.78, 5) is 30.9. The molecule has 0 unspecified atom stereocenters. The number of fused-ring (bicyclic) bond motifs is 1. The van der Waals surface area contributed by atoms with Gasteiger partial charge in [-0.25, -0.2) is 9.50 Å². The molecule has 1 aliphatic rings. The number of hydrogen-bond donors (Lipinski definition) is 1. The maximum Gasteiger partial charge on any atom is 0.266 e. The number of carbonyl (C=O) groups excluding carboxylic acids is 1. The van der Waals surface area contributed by atoms with E-state index in [4.69, 9.17) is 0 Å². The lowest BCUT2D eigenvalue weighted by Crippen LogP contribution is -2.40. The smallest absolute Gasteiger partial charge is 0.266 e. The Morgan fingerprint density at radius 2 is 2.11 bits per heavy atom. The van der Waals surface area contributed by atoms with Gasteiger partial charge in [-0.05, 0) is 56.6 Å². The van der Waals surface area contributed by atoms with Crippen molar-refractivity contribution >= 4 is 11.6 Å². The van der Waals surface area contributed by atoms with Gasteiger partial charge >= 0.3 is 0 Å². The number of rotatable bonds is 4. The predicted molar refractivity (Wildman–Crippen MR) is 109 cm³/mol. The van der Waals surface area contributed by atoms with Crippen LogP contribution in [0.15, 0.2) is 41.3 Å². The van der Waals surface area contributed by atoms with Crippen molar-refractivity contribution in [1.29, 1.82) is 0 Å². The first-order chi connectivity index (χ1) is 13.5. The van der Waals surface area contributed by atoms with Crippen molar-refractivity contribution in [3.63, 3.8) is 0 Å². The summed E-state index contributed by atoms with van der Waals surface area (Å²) in [5.74, 6) is 0.516. The van der Waals surface area contributed by atoms with E-state index in [9.17, 15) is 9.59 Å². The van der Waals surface area contributed by atoms with Gasteiger partial charge in [0.2, 0.25) is 0 Å². The summed E-state index contributed by atoms with van der Waals surface area (Å²) in [6.45, 7) is 5.56. The van der Waals surface area contributed by atoms with Crippen molar-refractivity contribution in [3.8, 4) is 0 Å². The minimum absolute atomic E-state index is 0.00189. The maximum atomic E-state index is 13.1. The van der Waals surface area contributed by atoms with E-state index in [1.165, 1.54) is 17.2 Å². The number of carbonyl (C=O) groups is 1. The van der Waals surface area contributed by atoms with Crippen molar-refractivity contribution in [1.82, 2.24) is 19.5 Å². The molecule has 1 atom stereocenters. The number of likely N-dealkylation sites (tertiary alicyclic amines) is 1. The van der Waals surface area contributed by atoms with Crippen LogP contribution in [0.5, 0.6) is 0 Å². The van der Waals surface area contributed by atoms with Gasteiger partial charge in [-0.3, -0.25) is 14.7 Å². The Kier molecular flexibility index (Phi) is 5.03. The number of aryl methyl sites for hydroxylation is 3. The second kappa shape index (κ2) is 7.62. The zero-order chi connectivity index (χ0) is 19.7. The molecular formula is C22H26N4O2. The van der Waals surface area contributed by atoms with Gasteiger partial charge in [0.05, 0.1) is 11.3 Å². The van der Waals surface area contributed by atoms with E-state index in [-0.39, 0.29) is 11.5 Å². The van der Waals surface area contributed by atoms with Crippen LogP contribution in [0.3, 0.4) is 0 Å². The van der Waals surface area contributed by atoms with Gasteiger partial charge in [0.1, 0.15) is 0 Å². The Bertz CT molecular complexity index is 1070. The van der Waals surface area contributed by atoms with Gasteiger partial charge in [-0.1, -0.05) is 24.3 Å². The number of benzene rings is 1. The molecule has 1 N–H and O–H groups in total. The Labute approximate surface area is 164 Å². The highest BCUT2D eigenvalue weighted by molar-refractivity contribution is 5.95. The van der Waals surface area contributed by atoms with Crippen LogP contribution < -0.4 is 5.56 Å². The Morgan fingerprint density at radius 1 is 1.29 bits per heavy atom. The zero-order valence-electron chi connectivity index (χ0n) is 16.4. The molecule has 4 rings (SSSR count). The predicted octanol–water partition coefficient (Wildman–Crippen LogP) is 3.12. The molecule has 1 fully saturated rings. The van der Waals surface area contributed by atoms with Gasteiger partial charge in [0.15, 0.2) is 5.65 Å². The van der Waals surface area contributed by atoms with Gasteiger partial charge in [-0.2, -0.15) is 0 Å². The summed E-state index contributed by atoms with van der Waals surface area (Å²) in [6, 6.07) is 9.96. The SMILES string of the molecule is Cc1ccccc1CC[C@@H]1CCCN(C(=O)c2cnc3cc(=O)[nH]n3c2C)C1. The van der Waals surface area contributed by atoms with Gasteiger partial charge in [-0.15, -0.1) is 0 Å². The lowest BCUT2D eigenvalue weighted by Gasteiger charge is -2.33. The van der Waals surface area contributed by atoms with E-state index >= 15 is 0 Å². The van der Waals surface area contributed by atoms with E-state index in [0.717, 1.165) is 44.5 Å². The highest BCUT2D eigenvalue weighted by Crippen LogP contribution is 2.24. The van der Waals surface area contributed by atoms with Crippen LogP contribution >= 0.6 is 0 Å². The molecule has 1 aromatic carbocycles. The molecule has 1 saturated heterocycles. The first-order valence-corrected chi connectivity index (χ1v) is 9.94. The molecule has 0 saturated carbocycles. The van der Waals surface area contributed by atoms with Crippen LogP contribution in [0.1, 0.15) is 46.4 Å². The van der Waals surface area contributed by atoms with Crippen LogP contribution in [0.2, 0.25) is 0 Å². The van der Waals surface area contributed by atoms with Crippen molar-refractivity contribution < 1.29 is 4.79 Å². The van der Waals surface area contributed by atoms with E-state index in [0.29, 0.717) is 17.1 Å². The van der Waals surface area contributed by atoms with Gasteiger partial charge < -0.3 is 4.90 Å². The number of nitrogens with zero attached hydrogens (tertiary/aromatic N) is 3. The standard InChI is InChI=1S/C22H26N4O2/c1-15-6-3-4-8-18(15)10-9-17-7-5-11-25(14-17)22(28)19-13-23-20-12-21(27)24-26(20)16(19)2/h3-4,6,8,12-13,17H,5,7,9-11,14H2,1-2H3,(H,24,27)/t17-/m0/s1. The largest absolute Gasteiger partial charge is 0.338 e. The number of hydrogen-bond acceptors (Lipinski definition) is 3. The third kappa shape index (κ3) is 3.59. The fraction of sp³-hybridized carbons (Fsp3) is 0.409. The van der Waals surface area contributed by atoms with Gasteiger partial charge in [0, 0.05) is 25.4 Å². The molecule has 3 aromatic rings. The molecule has 0 aliphatic carbocycles. The lowest BCUT2D eigenvalue weighted by molar-refractivity contribution is 0.0666. The number of piperidine rings is 1. The molecule has 1 amide bonds. The van der Waals surface area contributed by atoms with E-state index in [1.807, 2.05) is 11.8 Å². The normalized spacial score (nSPS) is 17.2. The Balaban J connectivity index is 1.47. The molecule has 146 valence electrons. The summed E-state index contributed by atoms with van der Waals surface area (Å²) in [5.41, 5.74) is 4.33. The topological polar surface area (TPSA) is 70.5 Å². The average molecular weight is 378 g/mol. The van der Waals surface area contributed by atoms with E-state index < -0.39 is 0 Å². The Hall–Kier alpha value is -2.89. The summed E-state index contributed by atoms with van der Waals surface area (Å²) in [5, 5.41) is 2.71. The maximum absolute atomic E-state index is 13.1. The number of nitrogens with one attached hydrogen (secondary N) is 1. The van der Waals surface area contributed by atoms with Crippen LogP contribution in [0.25, 0.3) is 5.65 Å². The summed E-state index contributed by atoms with van der Waals surface area (Å²) in [7, 11) is 0. The van der Waals surface area contributed by atoms with Gasteiger partial charge in [0.25, 0.3) is 11.5 Å². The van der Waals surface area contributed by atoms with Crippen molar-refractivity contribution in [2.75, 3.05) is 13.1 Å². The first kappa shape index (κ1) is 18.5. The fourth-order valence-electron chi connectivity index (χ4n) is 4.19. The third-order valence-corrected chi connectivity index (χ3v) is 5.88. The Morgan fingerprint density at radius 3 is 2.93 bits per heavy atom. The summed E-state index contributed by atoms with van der Waals surface area (Å²) in [6.07, 6.45) is 5.93. The molecule has 6 heteroatoms. The molecule has 0 radical (unpaired) electrons. The van der Waals surface area contributed by atoms with Crippen molar-refractivity contribution in [2.45, 2.75) is 39.5 Å². The fourth-order valence-corrected chi connectivity index (χ4v) is 4.19. The summed E-state index contributed by atoms with van der Waals surface area (Å²) >= 11 is 0. The van der Waals surface area contributed by atoms with E-state index in [2.05, 4.69) is 41.3 Å². The van der Waals surface area contributed by atoms with Crippen LogP contribution in [0, 0.1) is 19.8 Å². The molecule has 0 spiro atoms. The molecule has 28 heavy (non-hydrogen) atoms.